The van der Waals surface area contributed by atoms with Crippen LogP contribution in [0.3, 0.4) is 0 Å². The summed E-state index contributed by atoms with van der Waals surface area (Å²) in [7, 11) is 1.64. The van der Waals surface area contributed by atoms with Crippen LogP contribution in [0.1, 0.15) is 68.5 Å². The fourth-order valence-corrected chi connectivity index (χ4v) is 4.12. The van der Waals surface area contributed by atoms with Crippen molar-refractivity contribution < 1.29 is 23.8 Å². The van der Waals surface area contributed by atoms with E-state index in [2.05, 4.69) is 27.7 Å². The van der Waals surface area contributed by atoms with Gasteiger partial charge in [-0.15, -0.1) is 0 Å². The Balaban J connectivity index is 2.29. The van der Waals surface area contributed by atoms with Crippen molar-refractivity contribution in [2.75, 3.05) is 13.7 Å². The Bertz CT molecular complexity index is 982. The van der Waals surface area contributed by atoms with Crippen molar-refractivity contribution in [2.45, 2.75) is 58.7 Å². The fourth-order valence-electron chi connectivity index (χ4n) is 4.12. The molecule has 1 fully saturated rings. The first kappa shape index (κ1) is 24.1. The number of hydrogen-bond acceptors (Lipinski definition) is 5. The van der Waals surface area contributed by atoms with Gasteiger partial charge in [-0.25, -0.2) is 4.39 Å². The second kappa shape index (κ2) is 10.4. The number of halogens is 1. The zero-order valence-electron chi connectivity index (χ0n) is 19.4. The molecule has 0 spiro atoms. The Morgan fingerprint density at radius 2 is 1.84 bits per heavy atom. The summed E-state index contributed by atoms with van der Waals surface area (Å²) in [5.41, 5.74) is 5.34. The standard InChI is InChI=1S/C26H32FNO4/c1-15(2)24-20(11-10-19-22(29)12-13-32-26(19)30)23(17-6-8-18(27)9-7-17)21(14-31-5)25(28-24)16(3)4/h6-11,15-16,19,22,29H,12-14H2,1-5H3. The van der Waals surface area contributed by atoms with Crippen LogP contribution in [0.15, 0.2) is 30.3 Å². The first-order valence-corrected chi connectivity index (χ1v) is 11.1. The number of pyridine rings is 1. The molecule has 1 aliphatic rings. The van der Waals surface area contributed by atoms with E-state index in [0.29, 0.717) is 13.0 Å². The number of carbonyl (C=O) groups is 1. The molecule has 1 saturated heterocycles. The maximum absolute atomic E-state index is 13.7. The van der Waals surface area contributed by atoms with Crippen molar-refractivity contribution >= 4 is 12.0 Å². The molecular weight excluding hydrogens is 409 g/mol. The van der Waals surface area contributed by atoms with Gasteiger partial charge < -0.3 is 14.6 Å². The Labute approximate surface area is 189 Å². The molecule has 2 aromatic rings. The predicted molar refractivity (Wildman–Crippen MR) is 123 cm³/mol. The van der Waals surface area contributed by atoms with E-state index in [0.717, 1.165) is 33.6 Å². The van der Waals surface area contributed by atoms with Crippen LogP contribution < -0.4 is 0 Å². The predicted octanol–water partition coefficient (Wildman–Crippen LogP) is 5.22. The quantitative estimate of drug-likeness (QED) is 0.597. The third kappa shape index (κ3) is 5.08. The number of carbonyl (C=O) groups excluding carboxylic acids is 1. The van der Waals surface area contributed by atoms with Gasteiger partial charge in [0.15, 0.2) is 0 Å². The zero-order valence-corrected chi connectivity index (χ0v) is 19.4. The second-order valence-corrected chi connectivity index (χ2v) is 8.81. The van der Waals surface area contributed by atoms with E-state index < -0.39 is 18.0 Å². The first-order chi connectivity index (χ1) is 15.2. The van der Waals surface area contributed by atoms with Crippen LogP contribution in [-0.2, 0) is 20.9 Å². The van der Waals surface area contributed by atoms with Crippen LogP contribution >= 0.6 is 0 Å². The van der Waals surface area contributed by atoms with E-state index in [1.807, 2.05) is 6.08 Å². The van der Waals surface area contributed by atoms with Gasteiger partial charge in [0.1, 0.15) is 11.7 Å². The fraction of sp³-hybridized carbons (Fsp3) is 0.462. The van der Waals surface area contributed by atoms with E-state index in [9.17, 15) is 14.3 Å². The van der Waals surface area contributed by atoms with Gasteiger partial charge in [-0.1, -0.05) is 52.0 Å². The van der Waals surface area contributed by atoms with E-state index in [-0.39, 0.29) is 24.3 Å². The number of aliphatic hydroxyl groups is 1. The minimum atomic E-state index is -0.786. The van der Waals surface area contributed by atoms with E-state index in [4.69, 9.17) is 14.5 Å². The first-order valence-electron chi connectivity index (χ1n) is 11.1. The highest BCUT2D eigenvalue weighted by atomic mass is 19.1. The van der Waals surface area contributed by atoms with Gasteiger partial charge in [-0.05, 0) is 35.1 Å². The number of rotatable bonds is 7. The molecule has 1 aromatic carbocycles. The van der Waals surface area contributed by atoms with E-state index in [1.165, 1.54) is 12.1 Å². The van der Waals surface area contributed by atoms with Crippen molar-refractivity contribution in [3.8, 4) is 11.1 Å². The topological polar surface area (TPSA) is 68.7 Å². The molecular formula is C26H32FNO4. The minimum absolute atomic E-state index is 0.103. The molecule has 6 heteroatoms. The maximum atomic E-state index is 13.7. The third-order valence-electron chi connectivity index (χ3n) is 5.73. The number of cyclic esters (lactones) is 1. The van der Waals surface area contributed by atoms with Gasteiger partial charge in [0.2, 0.25) is 0 Å². The number of esters is 1. The average Bonchev–Trinajstić information content (AvgIpc) is 2.74. The van der Waals surface area contributed by atoms with Crippen molar-refractivity contribution in [1.82, 2.24) is 4.98 Å². The molecule has 0 aliphatic carbocycles. The number of hydrogen-bond donors (Lipinski definition) is 1. The molecule has 2 atom stereocenters. The molecule has 3 rings (SSSR count). The molecule has 172 valence electrons. The molecule has 0 radical (unpaired) electrons. The summed E-state index contributed by atoms with van der Waals surface area (Å²) in [4.78, 5) is 17.3. The largest absolute Gasteiger partial charge is 0.465 e. The van der Waals surface area contributed by atoms with E-state index >= 15 is 0 Å². The number of benzene rings is 1. The number of aromatic nitrogens is 1. The Kier molecular flexibility index (Phi) is 7.80. The summed E-state index contributed by atoms with van der Waals surface area (Å²) in [6.07, 6.45) is 3.17. The summed E-state index contributed by atoms with van der Waals surface area (Å²) in [6, 6.07) is 6.37. The number of aliphatic hydroxyl groups excluding tert-OH is 1. The van der Waals surface area contributed by atoms with Gasteiger partial charge in [0.05, 0.1) is 25.0 Å². The lowest BCUT2D eigenvalue weighted by Crippen LogP contribution is -2.34. The summed E-state index contributed by atoms with van der Waals surface area (Å²) >= 11 is 0. The summed E-state index contributed by atoms with van der Waals surface area (Å²) in [5, 5.41) is 10.3. The highest BCUT2D eigenvalue weighted by Crippen LogP contribution is 2.38. The van der Waals surface area contributed by atoms with Crippen molar-refractivity contribution in [3.63, 3.8) is 0 Å². The number of methoxy groups -OCH3 is 1. The van der Waals surface area contributed by atoms with Crippen LogP contribution in [0.4, 0.5) is 4.39 Å². The van der Waals surface area contributed by atoms with Crippen LogP contribution in [-0.4, -0.2) is 35.9 Å². The minimum Gasteiger partial charge on any atom is -0.465 e. The third-order valence-corrected chi connectivity index (χ3v) is 5.73. The molecule has 0 bridgehead atoms. The van der Waals surface area contributed by atoms with Gasteiger partial charge in [0.25, 0.3) is 0 Å². The molecule has 2 heterocycles. The van der Waals surface area contributed by atoms with Crippen LogP contribution in [0.2, 0.25) is 0 Å². The number of nitrogens with zero attached hydrogens (tertiary/aromatic N) is 1. The van der Waals surface area contributed by atoms with Crippen LogP contribution in [0.25, 0.3) is 17.2 Å². The molecule has 1 aliphatic heterocycles. The zero-order chi connectivity index (χ0) is 23.4. The maximum Gasteiger partial charge on any atom is 0.315 e. The lowest BCUT2D eigenvalue weighted by atomic mass is 9.86. The molecule has 0 saturated carbocycles. The molecule has 5 nitrogen and oxygen atoms in total. The normalized spacial score (nSPS) is 19.2. The van der Waals surface area contributed by atoms with Gasteiger partial charge in [0, 0.05) is 30.4 Å². The monoisotopic (exact) mass is 441 g/mol. The van der Waals surface area contributed by atoms with Crippen molar-refractivity contribution in [2.24, 2.45) is 5.92 Å². The Hall–Kier alpha value is -2.57. The highest BCUT2D eigenvalue weighted by Gasteiger charge is 2.30. The van der Waals surface area contributed by atoms with Crippen molar-refractivity contribution in [1.29, 1.82) is 0 Å². The van der Waals surface area contributed by atoms with Gasteiger partial charge in [-0.3, -0.25) is 9.78 Å². The molecule has 2 unspecified atom stereocenters. The SMILES string of the molecule is COCc1c(C(C)C)nc(C(C)C)c(C=CC2C(=O)OCCC2O)c1-c1ccc(F)cc1. The number of ether oxygens (including phenoxy) is 2. The Morgan fingerprint density at radius 3 is 2.41 bits per heavy atom. The van der Waals surface area contributed by atoms with Gasteiger partial charge in [-0.2, -0.15) is 0 Å². The van der Waals surface area contributed by atoms with Gasteiger partial charge >= 0.3 is 5.97 Å². The lowest BCUT2D eigenvalue weighted by Gasteiger charge is -2.25. The highest BCUT2D eigenvalue weighted by molar-refractivity contribution is 5.82. The van der Waals surface area contributed by atoms with Crippen LogP contribution in [0, 0.1) is 11.7 Å². The summed E-state index contributed by atoms with van der Waals surface area (Å²) in [6.45, 7) is 8.88. The molecule has 32 heavy (non-hydrogen) atoms. The average molecular weight is 442 g/mol. The van der Waals surface area contributed by atoms with Crippen molar-refractivity contribution in [3.05, 3.63) is 58.7 Å². The Morgan fingerprint density at radius 1 is 1.19 bits per heavy atom. The summed E-state index contributed by atoms with van der Waals surface area (Å²) < 4.78 is 24.4. The second-order valence-electron chi connectivity index (χ2n) is 8.81. The summed E-state index contributed by atoms with van der Waals surface area (Å²) in [5.74, 6) is -1.22. The van der Waals surface area contributed by atoms with E-state index in [1.54, 1.807) is 25.3 Å². The van der Waals surface area contributed by atoms with Crippen LogP contribution in [0.5, 0.6) is 0 Å². The lowest BCUT2D eigenvalue weighted by molar-refractivity contribution is -0.157. The molecule has 0 amide bonds. The molecule has 1 N–H and O–H groups in total. The smallest absolute Gasteiger partial charge is 0.315 e. The molecule has 1 aromatic heterocycles.